The van der Waals surface area contributed by atoms with Gasteiger partial charge in [-0.2, -0.15) is 10.1 Å². The second-order valence-corrected chi connectivity index (χ2v) is 21.3. The predicted molar refractivity (Wildman–Crippen MR) is 248 cm³/mol. The molecule has 3 aliphatic carbocycles. The van der Waals surface area contributed by atoms with Gasteiger partial charge in [0.1, 0.15) is 53.6 Å². The van der Waals surface area contributed by atoms with Crippen LogP contribution in [0, 0.1) is 11.8 Å². The minimum atomic E-state index is -1.63. The number of ketones is 1. The number of nitrogens with one attached hydrogen (secondary N) is 2. The number of fused-ring (bicyclic) bond motifs is 5. The van der Waals surface area contributed by atoms with Crippen molar-refractivity contribution in [2.75, 3.05) is 25.1 Å². The van der Waals surface area contributed by atoms with E-state index in [4.69, 9.17) is 38.3 Å². The van der Waals surface area contributed by atoms with E-state index in [-0.39, 0.29) is 49.5 Å². The highest BCUT2D eigenvalue weighted by molar-refractivity contribution is 6.03. The van der Waals surface area contributed by atoms with E-state index >= 15 is 4.79 Å². The van der Waals surface area contributed by atoms with E-state index in [1.54, 1.807) is 31.5 Å². The van der Waals surface area contributed by atoms with Crippen molar-refractivity contribution in [2.45, 2.75) is 166 Å². The van der Waals surface area contributed by atoms with Gasteiger partial charge in [0.15, 0.2) is 22.8 Å². The third kappa shape index (κ3) is 7.04. The van der Waals surface area contributed by atoms with E-state index < -0.39 is 70.9 Å². The summed E-state index contributed by atoms with van der Waals surface area (Å²) in [6, 6.07) is -0.640. The zero-order valence-electron chi connectivity index (χ0n) is 40.6. The molecule has 11 rings (SSSR count). The van der Waals surface area contributed by atoms with Crippen LogP contribution in [0.25, 0.3) is 11.8 Å². The zero-order chi connectivity index (χ0) is 48.5. The van der Waals surface area contributed by atoms with Gasteiger partial charge in [-0.1, -0.05) is 29.4 Å². The van der Waals surface area contributed by atoms with Gasteiger partial charge in [0.25, 0.3) is 0 Å². The third-order valence-electron chi connectivity index (χ3n) is 15.2. The van der Waals surface area contributed by atoms with Crippen molar-refractivity contribution in [3.63, 3.8) is 0 Å². The van der Waals surface area contributed by atoms with Crippen LogP contribution in [-0.4, -0.2) is 120 Å². The van der Waals surface area contributed by atoms with Gasteiger partial charge in [-0.3, -0.25) is 9.59 Å². The molecular formula is C51H65N5O12. The molecule has 3 saturated carbocycles. The van der Waals surface area contributed by atoms with Crippen LogP contribution in [0.5, 0.6) is 17.2 Å². The van der Waals surface area contributed by atoms with Gasteiger partial charge in [-0.25, -0.2) is 4.68 Å². The van der Waals surface area contributed by atoms with E-state index in [0.29, 0.717) is 64.7 Å². The number of aromatic nitrogens is 3. The normalized spacial score (nSPS) is 35.1. The van der Waals surface area contributed by atoms with Gasteiger partial charge in [0.2, 0.25) is 18.1 Å². The second kappa shape index (κ2) is 16.4. The van der Waals surface area contributed by atoms with Crippen LogP contribution in [0.2, 0.25) is 0 Å². The fourth-order valence-corrected chi connectivity index (χ4v) is 12.0. The maximum Gasteiger partial charge on any atom is 0.246 e. The number of anilines is 1. The summed E-state index contributed by atoms with van der Waals surface area (Å²) in [7, 11) is 0. The number of hydrogen-bond acceptors (Lipinski definition) is 15. The van der Waals surface area contributed by atoms with Gasteiger partial charge in [0, 0.05) is 41.5 Å². The lowest BCUT2D eigenvalue weighted by atomic mass is 9.47. The van der Waals surface area contributed by atoms with Crippen LogP contribution in [0.4, 0.5) is 5.95 Å². The third-order valence-corrected chi connectivity index (χ3v) is 15.2. The number of carbonyl (C=O) groups excluding carboxylic acids is 2. The fourth-order valence-electron chi connectivity index (χ4n) is 12.0. The molecule has 5 N–H and O–H groups in total. The average Bonchev–Trinajstić information content (AvgIpc) is 3.81. The van der Waals surface area contributed by atoms with Crippen LogP contribution in [0.15, 0.2) is 52.9 Å². The van der Waals surface area contributed by atoms with E-state index in [1.807, 2.05) is 46.8 Å². The van der Waals surface area contributed by atoms with Gasteiger partial charge < -0.3 is 59.1 Å². The van der Waals surface area contributed by atoms with Crippen molar-refractivity contribution < 1.29 is 58.1 Å². The molecule has 17 heteroatoms. The number of carbonyl (C=O) groups is 2. The number of amides is 1. The minimum absolute atomic E-state index is 0.00641. The molecule has 9 aliphatic rings. The Hall–Kier alpha value is -4.88. The van der Waals surface area contributed by atoms with Gasteiger partial charge >= 0.3 is 0 Å². The average molecular weight is 940 g/mol. The summed E-state index contributed by atoms with van der Waals surface area (Å²) in [6.45, 7) is 19.3. The standard InChI is InChI=1S/C51H65N5O12/c1-25(2)12-11-17-49(10)18-16-29-39(66-49)28(14-13-26(3)4)41-33(40(29)64-45-38(59)37(58)42-31(63-45)23-62-48(8,9)65-42)35-34-36(56-46(55-35)53-24-54-56)30-22-32-47(6,7)68-50(43(30)60,51(32,34)67-41)19-15-27(5)44(61)52-20-21-57/h12-13,15-16,18,24,30-32,36-38,42,45,57-59H,11,14,17,19-23H2,1-10H3,(H,52,61)(H,53,54,55)/b27-15-/t30?,31-,32?,36?,37-,38-,42-,45+,49?,50?,51?/m1/s1. The van der Waals surface area contributed by atoms with Gasteiger partial charge in [0.05, 0.1) is 41.7 Å². The first kappa shape index (κ1) is 46.8. The minimum Gasteiger partial charge on any atom is -0.482 e. The number of ether oxygens (including phenoxy) is 7. The number of hydrogen-bond donors (Lipinski definition) is 5. The predicted octanol–water partition coefficient (Wildman–Crippen LogP) is 5.39. The number of benzene rings is 1. The molecule has 1 spiro atoms. The Labute approximate surface area is 396 Å². The summed E-state index contributed by atoms with van der Waals surface area (Å²) in [5.74, 6) is -0.997. The second-order valence-electron chi connectivity index (χ2n) is 21.3. The molecule has 2 aromatic rings. The largest absolute Gasteiger partial charge is 0.482 e. The highest BCUT2D eigenvalue weighted by Gasteiger charge is 2.84. The molecular weight excluding hydrogens is 875 g/mol. The monoisotopic (exact) mass is 939 g/mol. The summed E-state index contributed by atoms with van der Waals surface area (Å²) in [5.41, 5.74) is 0.924. The Morgan fingerprint density at radius 2 is 1.79 bits per heavy atom. The van der Waals surface area contributed by atoms with Crippen molar-refractivity contribution in [1.82, 2.24) is 20.1 Å². The number of nitrogens with zero attached hydrogens (tertiary/aromatic N) is 3. The molecule has 3 saturated heterocycles. The molecule has 4 bridgehead atoms. The molecule has 6 fully saturated rings. The van der Waals surface area contributed by atoms with E-state index in [0.717, 1.165) is 17.6 Å². The maximum absolute atomic E-state index is 15.7. The molecule has 1 amide bonds. The number of Topliss-reactive ketones (excluding diaryl/α,β-unsaturated/α-hetero) is 1. The van der Waals surface area contributed by atoms with Gasteiger partial charge in [-0.15, -0.1) is 0 Å². The smallest absolute Gasteiger partial charge is 0.246 e. The van der Waals surface area contributed by atoms with Crippen LogP contribution in [-0.2, 0) is 35.0 Å². The summed E-state index contributed by atoms with van der Waals surface area (Å²) in [5, 5.41) is 44.1. The molecule has 1 aromatic carbocycles. The van der Waals surface area contributed by atoms with Crippen LogP contribution in [0.1, 0.15) is 118 Å². The van der Waals surface area contributed by atoms with Crippen molar-refractivity contribution in [3.8, 4) is 17.2 Å². The highest BCUT2D eigenvalue weighted by Crippen LogP contribution is 2.74. The van der Waals surface area contributed by atoms with Crippen LogP contribution < -0.4 is 24.8 Å². The number of aliphatic hydroxyl groups is 3. The summed E-state index contributed by atoms with van der Waals surface area (Å²) >= 11 is 0. The fraction of sp³-hybridized carbons (Fsp3) is 0.608. The summed E-state index contributed by atoms with van der Waals surface area (Å²) < 4.78 is 49.7. The van der Waals surface area contributed by atoms with E-state index in [2.05, 4.69) is 41.6 Å². The van der Waals surface area contributed by atoms with Crippen molar-refractivity contribution >= 4 is 29.4 Å². The first-order valence-electron chi connectivity index (χ1n) is 23.9. The highest BCUT2D eigenvalue weighted by atomic mass is 16.8. The lowest BCUT2D eigenvalue weighted by Gasteiger charge is -2.62. The van der Waals surface area contributed by atoms with E-state index in [9.17, 15) is 20.1 Å². The number of rotatable bonds is 12. The summed E-state index contributed by atoms with van der Waals surface area (Å²) in [4.78, 5) is 33.6. The molecule has 6 aliphatic heterocycles. The Kier molecular flexibility index (Phi) is 11.3. The first-order valence-corrected chi connectivity index (χ1v) is 23.9. The Balaban J connectivity index is 1.23. The molecule has 0 radical (unpaired) electrons. The molecule has 6 unspecified atom stereocenters. The topological polar surface area (TPSA) is 214 Å². The molecule has 68 heavy (non-hydrogen) atoms. The maximum atomic E-state index is 15.7. The first-order chi connectivity index (χ1) is 32.2. The lowest BCUT2D eigenvalue weighted by Crippen LogP contribution is -2.75. The zero-order valence-corrected chi connectivity index (χ0v) is 40.6. The molecule has 11 atom stereocenters. The Morgan fingerprint density at radius 1 is 1.03 bits per heavy atom. The summed E-state index contributed by atoms with van der Waals surface area (Å²) in [6.07, 6.45) is 7.66. The van der Waals surface area contributed by atoms with Crippen molar-refractivity contribution in [1.29, 1.82) is 0 Å². The molecule has 7 heterocycles. The Bertz CT molecular complexity index is 2600. The van der Waals surface area contributed by atoms with Crippen LogP contribution in [0.3, 0.4) is 0 Å². The quantitative estimate of drug-likeness (QED) is 0.133. The number of aliphatic hydroxyl groups excluding tert-OH is 3. The molecule has 366 valence electrons. The lowest BCUT2D eigenvalue weighted by molar-refractivity contribution is -0.373. The Morgan fingerprint density at radius 3 is 2.53 bits per heavy atom. The van der Waals surface area contributed by atoms with Crippen molar-refractivity contribution in [3.05, 3.63) is 69.6 Å². The molecule has 17 nitrogen and oxygen atoms in total. The molecule has 1 aromatic heterocycles. The van der Waals surface area contributed by atoms with E-state index in [1.165, 1.54) is 11.9 Å². The van der Waals surface area contributed by atoms with Gasteiger partial charge in [-0.05, 0) is 107 Å². The SMILES string of the molecule is CC(C)=CCCC1(C)C=Cc2c(c(CC=C(C)C)c3c(c2O[C@@H]2O[C@@H]4COC(C)(C)O[C@H]4[C@H](O)[C@H]2O)C2=C4C(C5CC6C(C)(C)OC(C/C=C(/C)C(=O)NCCO)(C5=O)C46O3)n3ncnc3N2)O1. The number of allylic oxidation sites excluding steroid dienone is 4. The van der Waals surface area contributed by atoms with Crippen molar-refractivity contribution in [2.24, 2.45) is 11.8 Å². The van der Waals surface area contributed by atoms with Crippen LogP contribution >= 0.6 is 0 Å².